The molecule has 2 fully saturated rings. The van der Waals surface area contributed by atoms with Crippen LogP contribution in [0.1, 0.15) is 39.2 Å². The van der Waals surface area contributed by atoms with E-state index in [-0.39, 0.29) is 17.9 Å². The SMILES string of the molecule is CC(C)(C)OC(=O)N1C[C@H]2CC(O)(c3cc(Cl)cc4cn[nH]c34)C[C@@H]2C1. The minimum atomic E-state index is -0.953. The third-order valence-electron chi connectivity index (χ3n) is 5.44. The van der Waals surface area contributed by atoms with Gasteiger partial charge in [-0.05, 0) is 57.6 Å². The fraction of sp³-hybridized carbons (Fsp3) is 0.579. The molecule has 2 heterocycles. The molecule has 1 aromatic heterocycles. The number of H-pyrrole nitrogens is 1. The van der Waals surface area contributed by atoms with Gasteiger partial charge in [-0.3, -0.25) is 5.10 Å². The monoisotopic (exact) mass is 377 g/mol. The standard InChI is InChI=1S/C19H24ClN3O3/c1-18(2,3)26-17(24)23-9-12-6-19(25,7-13(12)10-23)15-5-14(20)4-11-8-21-22-16(11)15/h4-5,8,12-13,25H,6-7,9-10H2,1-3H3,(H,21,22)/t12-,13-/m1/s1. The second-order valence-corrected chi connectivity index (χ2v) is 9.07. The summed E-state index contributed by atoms with van der Waals surface area (Å²) in [4.78, 5) is 14.1. The molecule has 1 aliphatic heterocycles. The molecular formula is C19H24ClN3O3. The van der Waals surface area contributed by atoms with E-state index in [1.165, 1.54) is 0 Å². The average molecular weight is 378 g/mol. The van der Waals surface area contributed by atoms with E-state index in [0.717, 1.165) is 16.5 Å². The van der Waals surface area contributed by atoms with Gasteiger partial charge in [0.05, 0.1) is 17.3 Å². The van der Waals surface area contributed by atoms with Gasteiger partial charge in [0.25, 0.3) is 0 Å². The second-order valence-electron chi connectivity index (χ2n) is 8.63. The number of carbonyl (C=O) groups excluding carboxylic acids is 1. The van der Waals surface area contributed by atoms with Crippen LogP contribution in [0.2, 0.25) is 5.02 Å². The van der Waals surface area contributed by atoms with Gasteiger partial charge in [-0.2, -0.15) is 5.10 Å². The Bertz CT molecular complexity index is 843. The first-order valence-corrected chi connectivity index (χ1v) is 9.36. The van der Waals surface area contributed by atoms with Crippen molar-refractivity contribution in [1.29, 1.82) is 0 Å². The van der Waals surface area contributed by atoms with Crippen molar-refractivity contribution in [1.82, 2.24) is 15.1 Å². The molecule has 0 spiro atoms. The smallest absolute Gasteiger partial charge is 0.410 e. The summed E-state index contributed by atoms with van der Waals surface area (Å²) in [7, 11) is 0. The zero-order chi connectivity index (χ0) is 18.7. The first-order valence-electron chi connectivity index (χ1n) is 8.98. The Morgan fingerprint density at radius 3 is 2.62 bits per heavy atom. The van der Waals surface area contributed by atoms with Crippen LogP contribution in [-0.2, 0) is 10.3 Å². The van der Waals surface area contributed by atoms with Crippen LogP contribution < -0.4 is 0 Å². The lowest BCUT2D eigenvalue weighted by atomic mass is 9.89. The van der Waals surface area contributed by atoms with Crippen LogP contribution in [0.15, 0.2) is 18.3 Å². The molecule has 1 saturated heterocycles. The van der Waals surface area contributed by atoms with Crippen LogP contribution in [0.3, 0.4) is 0 Å². The summed E-state index contributed by atoms with van der Waals surface area (Å²) in [5.41, 5.74) is 0.185. The van der Waals surface area contributed by atoms with Crippen LogP contribution in [0.5, 0.6) is 0 Å². The third-order valence-corrected chi connectivity index (χ3v) is 5.66. The van der Waals surface area contributed by atoms with Crippen LogP contribution in [0.4, 0.5) is 4.79 Å². The quantitative estimate of drug-likeness (QED) is 0.794. The molecule has 140 valence electrons. The zero-order valence-corrected chi connectivity index (χ0v) is 16.0. The van der Waals surface area contributed by atoms with E-state index in [1.54, 1.807) is 11.1 Å². The number of halogens is 1. The van der Waals surface area contributed by atoms with Crippen LogP contribution in [0.25, 0.3) is 10.9 Å². The number of aromatic nitrogens is 2. The van der Waals surface area contributed by atoms with E-state index in [9.17, 15) is 9.90 Å². The predicted molar refractivity (Wildman–Crippen MR) is 99.0 cm³/mol. The summed E-state index contributed by atoms with van der Waals surface area (Å²) in [6, 6.07) is 3.67. The van der Waals surface area contributed by atoms with E-state index in [1.807, 2.05) is 32.9 Å². The van der Waals surface area contributed by atoms with E-state index < -0.39 is 11.2 Å². The lowest BCUT2D eigenvalue weighted by molar-refractivity contribution is 0.0160. The van der Waals surface area contributed by atoms with Crippen molar-refractivity contribution in [2.45, 2.75) is 44.8 Å². The van der Waals surface area contributed by atoms with Crippen molar-refractivity contribution in [2.24, 2.45) is 11.8 Å². The summed E-state index contributed by atoms with van der Waals surface area (Å²) < 4.78 is 5.48. The van der Waals surface area contributed by atoms with Crippen LogP contribution >= 0.6 is 11.6 Å². The topological polar surface area (TPSA) is 78.4 Å². The predicted octanol–water partition coefficient (Wildman–Crippen LogP) is 3.68. The number of aromatic amines is 1. The van der Waals surface area contributed by atoms with E-state index in [4.69, 9.17) is 16.3 Å². The van der Waals surface area contributed by atoms with Crippen molar-refractivity contribution in [3.63, 3.8) is 0 Å². The molecule has 4 rings (SSSR count). The Morgan fingerprint density at radius 2 is 2.00 bits per heavy atom. The maximum absolute atomic E-state index is 12.3. The van der Waals surface area contributed by atoms with Crippen molar-refractivity contribution >= 4 is 28.6 Å². The largest absolute Gasteiger partial charge is 0.444 e. The van der Waals surface area contributed by atoms with Crippen LogP contribution in [0, 0.1) is 11.8 Å². The number of rotatable bonds is 1. The lowest BCUT2D eigenvalue weighted by Crippen LogP contribution is -2.37. The Labute approximate surface area is 157 Å². The highest BCUT2D eigenvalue weighted by molar-refractivity contribution is 6.31. The van der Waals surface area contributed by atoms with Gasteiger partial charge in [-0.25, -0.2) is 4.79 Å². The number of hydrogen-bond donors (Lipinski definition) is 2. The molecule has 1 aromatic carbocycles. The van der Waals surface area contributed by atoms with Crippen molar-refractivity contribution in [3.05, 3.63) is 28.9 Å². The number of hydrogen-bond acceptors (Lipinski definition) is 4. The van der Waals surface area contributed by atoms with Crippen molar-refractivity contribution in [3.8, 4) is 0 Å². The van der Waals surface area contributed by atoms with Crippen molar-refractivity contribution < 1.29 is 14.6 Å². The first-order chi connectivity index (χ1) is 12.1. The lowest BCUT2D eigenvalue weighted by Gasteiger charge is -2.28. The van der Waals surface area contributed by atoms with Crippen molar-refractivity contribution in [2.75, 3.05) is 13.1 Å². The minimum Gasteiger partial charge on any atom is -0.444 e. The fourth-order valence-electron chi connectivity index (χ4n) is 4.44. The number of nitrogens with zero attached hydrogens (tertiary/aromatic N) is 2. The summed E-state index contributed by atoms with van der Waals surface area (Å²) >= 11 is 6.25. The maximum atomic E-state index is 12.3. The number of nitrogens with one attached hydrogen (secondary N) is 1. The van der Waals surface area contributed by atoms with Gasteiger partial charge in [-0.1, -0.05) is 11.6 Å². The van der Waals surface area contributed by atoms with Gasteiger partial charge in [0, 0.05) is 29.1 Å². The highest BCUT2D eigenvalue weighted by Gasteiger charge is 2.51. The summed E-state index contributed by atoms with van der Waals surface area (Å²) in [5.74, 6) is 0.508. The Kier molecular flexibility index (Phi) is 3.97. The molecule has 1 amide bonds. The summed E-state index contributed by atoms with van der Waals surface area (Å²) in [5, 5.41) is 19.9. The van der Waals surface area contributed by atoms with E-state index in [0.29, 0.717) is 31.0 Å². The number of amides is 1. The second kappa shape index (κ2) is 5.86. The third kappa shape index (κ3) is 3.05. The molecule has 2 atom stereocenters. The summed E-state index contributed by atoms with van der Waals surface area (Å²) in [6.07, 6.45) is 2.65. The zero-order valence-electron chi connectivity index (χ0n) is 15.3. The molecule has 2 aliphatic rings. The number of carbonyl (C=O) groups is 1. The number of likely N-dealkylation sites (tertiary alicyclic amines) is 1. The molecule has 0 bridgehead atoms. The molecule has 1 saturated carbocycles. The fourth-order valence-corrected chi connectivity index (χ4v) is 4.66. The Hall–Kier alpha value is -1.79. The number of aliphatic hydroxyl groups is 1. The molecule has 2 aromatic rings. The first kappa shape index (κ1) is 17.6. The molecule has 0 radical (unpaired) electrons. The summed E-state index contributed by atoms with van der Waals surface area (Å²) in [6.45, 7) is 6.85. The average Bonchev–Trinajstić information content (AvgIpc) is 3.17. The highest BCUT2D eigenvalue weighted by Crippen LogP contribution is 2.50. The van der Waals surface area contributed by atoms with E-state index in [2.05, 4.69) is 10.2 Å². The number of benzene rings is 1. The van der Waals surface area contributed by atoms with Gasteiger partial charge in [0.15, 0.2) is 0 Å². The maximum Gasteiger partial charge on any atom is 0.410 e. The molecule has 1 aliphatic carbocycles. The van der Waals surface area contributed by atoms with Crippen LogP contribution in [-0.4, -0.2) is 45.0 Å². The molecular weight excluding hydrogens is 354 g/mol. The minimum absolute atomic E-state index is 0.254. The molecule has 26 heavy (non-hydrogen) atoms. The van der Waals surface area contributed by atoms with Gasteiger partial charge in [-0.15, -0.1) is 0 Å². The number of ether oxygens (including phenoxy) is 1. The molecule has 2 N–H and O–H groups in total. The molecule has 7 heteroatoms. The van der Waals surface area contributed by atoms with Gasteiger partial charge in [0.2, 0.25) is 0 Å². The van der Waals surface area contributed by atoms with Gasteiger partial charge in [0.1, 0.15) is 5.60 Å². The van der Waals surface area contributed by atoms with E-state index >= 15 is 0 Å². The normalized spacial score (nSPS) is 24.9. The molecule has 0 unspecified atom stereocenters. The number of fused-ring (bicyclic) bond motifs is 2. The Morgan fingerprint density at radius 1 is 1.35 bits per heavy atom. The molecule has 6 nitrogen and oxygen atoms in total. The van der Waals surface area contributed by atoms with Gasteiger partial charge >= 0.3 is 6.09 Å². The van der Waals surface area contributed by atoms with Gasteiger partial charge < -0.3 is 14.7 Å². The Balaban J connectivity index is 1.53. The highest BCUT2D eigenvalue weighted by atomic mass is 35.5.